The molecule has 0 fully saturated rings. The monoisotopic (exact) mass is 354 g/mol. The third-order valence-electron chi connectivity index (χ3n) is 4.09. The van der Waals surface area contributed by atoms with Crippen LogP contribution in [0.4, 0.5) is 0 Å². The number of hydrogen-bond acceptors (Lipinski definition) is 4. The molecule has 3 aromatic rings. The van der Waals surface area contributed by atoms with Crippen LogP contribution < -0.4 is 10.1 Å². The van der Waals surface area contributed by atoms with E-state index in [2.05, 4.69) is 10.5 Å². The molecule has 1 amide bonds. The summed E-state index contributed by atoms with van der Waals surface area (Å²) in [5.41, 5.74) is 2.13. The van der Waals surface area contributed by atoms with Crippen LogP contribution in [0.5, 0.6) is 5.75 Å². The molecule has 1 aliphatic heterocycles. The van der Waals surface area contributed by atoms with Crippen LogP contribution in [0.1, 0.15) is 16.1 Å². The highest BCUT2D eigenvalue weighted by Gasteiger charge is 2.23. The highest BCUT2D eigenvalue weighted by atomic mass is 35.5. The first-order valence-corrected chi connectivity index (χ1v) is 8.31. The van der Waals surface area contributed by atoms with Gasteiger partial charge in [-0.2, -0.15) is 0 Å². The van der Waals surface area contributed by atoms with E-state index >= 15 is 0 Å². The summed E-state index contributed by atoms with van der Waals surface area (Å²) in [6.07, 6.45) is 0.726. The third kappa shape index (κ3) is 3.37. The van der Waals surface area contributed by atoms with Crippen molar-refractivity contribution in [2.24, 2.45) is 0 Å². The molecule has 0 radical (unpaired) electrons. The minimum Gasteiger partial charge on any atom is -0.491 e. The molecule has 126 valence electrons. The zero-order valence-corrected chi connectivity index (χ0v) is 14.0. The minimum absolute atomic E-state index is 0.0990. The molecule has 0 aliphatic carbocycles. The van der Waals surface area contributed by atoms with Gasteiger partial charge in [0.2, 0.25) is 0 Å². The SMILES string of the molecule is O=C(NC1COc2ccccc2C1)c1cc(-c2ccc(Cl)cc2)on1. The third-order valence-corrected chi connectivity index (χ3v) is 4.34. The molecule has 4 rings (SSSR count). The predicted molar refractivity (Wildman–Crippen MR) is 93.8 cm³/mol. The Hall–Kier alpha value is -2.79. The average molecular weight is 355 g/mol. The quantitative estimate of drug-likeness (QED) is 0.778. The normalized spacial score (nSPS) is 16.0. The molecule has 2 heterocycles. The topological polar surface area (TPSA) is 64.4 Å². The van der Waals surface area contributed by atoms with Crippen molar-refractivity contribution in [1.29, 1.82) is 0 Å². The summed E-state index contributed by atoms with van der Waals surface area (Å²) in [5, 5.41) is 7.44. The van der Waals surface area contributed by atoms with Crippen LogP contribution in [0.3, 0.4) is 0 Å². The maximum atomic E-state index is 12.4. The van der Waals surface area contributed by atoms with Gasteiger partial charge in [0.05, 0.1) is 6.04 Å². The molecule has 0 saturated carbocycles. The molecule has 6 heteroatoms. The van der Waals surface area contributed by atoms with E-state index in [9.17, 15) is 4.79 Å². The van der Waals surface area contributed by atoms with Crippen molar-refractivity contribution in [3.05, 3.63) is 70.9 Å². The molecule has 1 aromatic heterocycles. The van der Waals surface area contributed by atoms with Gasteiger partial charge in [0.15, 0.2) is 11.5 Å². The van der Waals surface area contributed by atoms with Crippen LogP contribution >= 0.6 is 11.6 Å². The number of ether oxygens (including phenoxy) is 1. The first-order valence-electron chi connectivity index (χ1n) is 7.93. The summed E-state index contributed by atoms with van der Waals surface area (Å²) in [6.45, 7) is 0.435. The number of amides is 1. The summed E-state index contributed by atoms with van der Waals surface area (Å²) in [4.78, 5) is 12.4. The van der Waals surface area contributed by atoms with Gasteiger partial charge in [-0.15, -0.1) is 0 Å². The Morgan fingerprint density at radius 1 is 1.16 bits per heavy atom. The van der Waals surface area contributed by atoms with E-state index in [1.165, 1.54) is 0 Å². The molecular weight excluding hydrogens is 340 g/mol. The molecule has 0 spiro atoms. The van der Waals surface area contributed by atoms with Gasteiger partial charge in [-0.25, -0.2) is 0 Å². The van der Waals surface area contributed by atoms with E-state index in [-0.39, 0.29) is 17.6 Å². The lowest BCUT2D eigenvalue weighted by Crippen LogP contribution is -2.42. The van der Waals surface area contributed by atoms with Crippen molar-refractivity contribution in [3.8, 4) is 17.1 Å². The Balaban J connectivity index is 1.45. The molecular formula is C19H15ClN2O3. The van der Waals surface area contributed by atoms with Crippen LogP contribution in [-0.2, 0) is 6.42 Å². The maximum absolute atomic E-state index is 12.4. The van der Waals surface area contributed by atoms with E-state index in [0.717, 1.165) is 23.3 Å². The van der Waals surface area contributed by atoms with Gasteiger partial charge in [-0.05, 0) is 42.3 Å². The number of carbonyl (C=O) groups is 1. The highest BCUT2D eigenvalue weighted by Crippen LogP contribution is 2.25. The van der Waals surface area contributed by atoms with Gasteiger partial charge >= 0.3 is 0 Å². The Morgan fingerprint density at radius 2 is 1.96 bits per heavy atom. The van der Waals surface area contributed by atoms with Gasteiger partial charge in [0, 0.05) is 16.7 Å². The van der Waals surface area contributed by atoms with Gasteiger partial charge in [-0.3, -0.25) is 4.79 Å². The number of hydrogen-bond donors (Lipinski definition) is 1. The Labute approximate surface area is 149 Å². The van der Waals surface area contributed by atoms with E-state index < -0.39 is 0 Å². The fraction of sp³-hybridized carbons (Fsp3) is 0.158. The predicted octanol–water partition coefficient (Wildman–Crippen LogP) is 3.73. The first-order chi connectivity index (χ1) is 12.2. The van der Waals surface area contributed by atoms with E-state index in [0.29, 0.717) is 17.4 Å². The minimum atomic E-state index is -0.281. The van der Waals surface area contributed by atoms with Crippen molar-refractivity contribution in [2.45, 2.75) is 12.5 Å². The molecule has 25 heavy (non-hydrogen) atoms. The fourth-order valence-electron chi connectivity index (χ4n) is 2.81. The van der Waals surface area contributed by atoms with Crippen molar-refractivity contribution in [1.82, 2.24) is 10.5 Å². The molecule has 1 atom stereocenters. The zero-order valence-electron chi connectivity index (χ0n) is 13.2. The van der Waals surface area contributed by atoms with Crippen LogP contribution in [0.15, 0.2) is 59.1 Å². The number of benzene rings is 2. The highest BCUT2D eigenvalue weighted by molar-refractivity contribution is 6.30. The second-order valence-electron chi connectivity index (χ2n) is 5.88. The summed E-state index contributed by atoms with van der Waals surface area (Å²) in [6, 6.07) is 16.5. The molecule has 1 N–H and O–H groups in total. The van der Waals surface area contributed by atoms with Crippen LogP contribution in [0.25, 0.3) is 11.3 Å². The molecule has 1 unspecified atom stereocenters. The fourth-order valence-corrected chi connectivity index (χ4v) is 2.94. The number of nitrogens with zero attached hydrogens (tertiary/aromatic N) is 1. The first kappa shape index (κ1) is 15.7. The second-order valence-corrected chi connectivity index (χ2v) is 6.31. The van der Waals surface area contributed by atoms with Gasteiger partial charge in [0.25, 0.3) is 5.91 Å². The molecule has 2 aromatic carbocycles. The number of halogens is 1. The van der Waals surface area contributed by atoms with Crippen LogP contribution in [0.2, 0.25) is 5.02 Å². The van der Waals surface area contributed by atoms with Crippen molar-refractivity contribution >= 4 is 17.5 Å². The van der Waals surface area contributed by atoms with Crippen molar-refractivity contribution < 1.29 is 14.1 Å². The van der Waals surface area contributed by atoms with Gasteiger partial charge in [-0.1, -0.05) is 35.0 Å². The summed E-state index contributed by atoms with van der Waals surface area (Å²) in [7, 11) is 0. The number of para-hydroxylation sites is 1. The Morgan fingerprint density at radius 3 is 2.80 bits per heavy atom. The Kier molecular flexibility index (Phi) is 4.15. The summed E-state index contributed by atoms with van der Waals surface area (Å²) in [5.74, 6) is 1.11. The molecule has 0 saturated heterocycles. The van der Waals surface area contributed by atoms with E-state index in [4.69, 9.17) is 20.9 Å². The average Bonchev–Trinajstić information content (AvgIpc) is 3.12. The van der Waals surface area contributed by atoms with Crippen LogP contribution in [0, 0.1) is 0 Å². The number of carbonyl (C=O) groups excluding carboxylic acids is 1. The maximum Gasteiger partial charge on any atom is 0.273 e. The van der Waals surface area contributed by atoms with Crippen LogP contribution in [-0.4, -0.2) is 23.7 Å². The standard InChI is InChI=1S/C19H15ClN2O3/c20-14-7-5-12(6-8-14)18-10-16(22-25-18)19(23)21-15-9-13-3-1-2-4-17(13)24-11-15/h1-8,10,15H,9,11H2,(H,21,23). The molecule has 0 bridgehead atoms. The van der Waals surface area contributed by atoms with Crippen molar-refractivity contribution in [3.63, 3.8) is 0 Å². The van der Waals surface area contributed by atoms with E-state index in [1.807, 2.05) is 36.4 Å². The lowest BCUT2D eigenvalue weighted by molar-refractivity contribution is 0.0906. The lowest BCUT2D eigenvalue weighted by atomic mass is 10.0. The largest absolute Gasteiger partial charge is 0.491 e. The van der Waals surface area contributed by atoms with Gasteiger partial charge < -0.3 is 14.6 Å². The summed E-state index contributed by atoms with van der Waals surface area (Å²) < 4.78 is 11.0. The van der Waals surface area contributed by atoms with Crippen molar-refractivity contribution in [2.75, 3.05) is 6.61 Å². The lowest BCUT2D eigenvalue weighted by Gasteiger charge is -2.25. The number of rotatable bonds is 3. The number of aromatic nitrogens is 1. The van der Waals surface area contributed by atoms with E-state index in [1.54, 1.807) is 18.2 Å². The Bertz CT molecular complexity index is 905. The number of fused-ring (bicyclic) bond motifs is 1. The zero-order chi connectivity index (χ0) is 17.2. The summed E-state index contributed by atoms with van der Waals surface area (Å²) >= 11 is 5.88. The molecule has 5 nitrogen and oxygen atoms in total. The second kappa shape index (κ2) is 6.61. The number of nitrogens with one attached hydrogen (secondary N) is 1. The smallest absolute Gasteiger partial charge is 0.273 e. The molecule has 1 aliphatic rings. The van der Waals surface area contributed by atoms with Gasteiger partial charge in [0.1, 0.15) is 12.4 Å².